The smallest absolute Gasteiger partial charge is 0.339 e. The predicted octanol–water partition coefficient (Wildman–Crippen LogP) is 2.88. The van der Waals surface area contributed by atoms with Crippen molar-refractivity contribution >= 4 is 5.97 Å². The molecule has 3 nitrogen and oxygen atoms in total. The van der Waals surface area contributed by atoms with Gasteiger partial charge in [-0.1, -0.05) is 13.8 Å². The van der Waals surface area contributed by atoms with Crippen LogP contribution in [-0.4, -0.2) is 13.1 Å². The fourth-order valence-electron chi connectivity index (χ4n) is 2.27. The normalized spacial score (nSPS) is 16.8. The van der Waals surface area contributed by atoms with Gasteiger partial charge in [0.1, 0.15) is 11.4 Å². The van der Waals surface area contributed by atoms with Gasteiger partial charge in [0.25, 0.3) is 0 Å². The Kier molecular flexibility index (Phi) is 2.62. The molecule has 0 fully saturated rings. The van der Waals surface area contributed by atoms with Crippen LogP contribution in [0.3, 0.4) is 0 Å². The largest absolute Gasteiger partial charge is 0.497 e. The van der Waals surface area contributed by atoms with E-state index in [1.807, 2.05) is 19.9 Å². The van der Waals surface area contributed by atoms with E-state index in [-0.39, 0.29) is 5.97 Å². The lowest BCUT2D eigenvalue weighted by Gasteiger charge is -2.26. The standard InChI is InChI=1S/C13H16O3/c1-4-13(5-2)11-8-9(15-3)6-7-10(11)12(14)16-13/h6-8H,4-5H2,1-3H3. The van der Waals surface area contributed by atoms with E-state index in [0.29, 0.717) is 5.56 Å². The van der Waals surface area contributed by atoms with Gasteiger partial charge in [-0.05, 0) is 31.0 Å². The van der Waals surface area contributed by atoms with Crippen LogP contribution >= 0.6 is 0 Å². The van der Waals surface area contributed by atoms with Gasteiger partial charge in [-0.25, -0.2) is 4.79 Å². The molecule has 0 saturated heterocycles. The van der Waals surface area contributed by atoms with Gasteiger partial charge < -0.3 is 9.47 Å². The number of methoxy groups -OCH3 is 1. The third-order valence-corrected chi connectivity index (χ3v) is 3.37. The fourth-order valence-corrected chi connectivity index (χ4v) is 2.27. The van der Waals surface area contributed by atoms with Crippen molar-refractivity contribution in [2.75, 3.05) is 7.11 Å². The van der Waals surface area contributed by atoms with E-state index in [0.717, 1.165) is 24.2 Å². The first kappa shape index (κ1) is 11.0. The average molecular weight is 220 g/mol. The molecule has 0 amide bonds. The first-order chi connectivity index (χ1) is 7.66. The molecular formula is C13H16O3. The molecule has 0 radical (unpaired) electrons. The van der Waals surface area contributed by atoms with E-state index in [4.69, 9.17) is 9.47 Å². The van der Waals surface area contributed by atoms with Crippen LogP contribution in [-0.2, 0) is 10.3 Å². The van der Waals surface area contributed by atoms with Crippen molar-refractivity contribution in [2.45, 2.75) is 32.3 Å². The highest BCUT2D eigenvalue weighted by atomic mass is 16.6. The zero-order chi connectivity index (χ0) is 11.8. The van der Waals surface area contributed by atoms with Crippen molar-refractivity contribution in [3.63, 3.8) is 0 Å². The molecule has 3 heteroatoms. The summed E-state index contributed by atoms with van der Waals surface area (Å²) in [6, 6.07) is 5.48. The van der Waals surface area contributed by atoms with Crippen LogP contribution in [0.25, 0.3) is 0 Å². The quantitative estimate of drug-likeness (QED) is 0.735. The summed E-state index contributed by atoms with van der Waals surface area (Å²) in [6.07, 6.45) is 1.57. The number of benzene rings is 1. The Morgan fingerprint density at radius 1 is 1.31 bits per heavy atom. The number of esters is 1. The van der Waals surface area contributed by atoms with Gasteiger partial charge in [0.15, 0.2) is 0 Å². The van der Waals surface area contributed by atoms with Gasteiger partial charge in [-0.3, -0.25) is 0 Å². The van der Waals surface area contributed by atoms with Crippen LogP contribution in [0.2, 0.25) is 0 Å². The van der Waals surface area contributed by atoms with Gasteiger partial charge in [0.05, 0.1) is 12.7 Å². The molecule has 1 aliphatic heterocycles. The highest BCUT2D eigenvalue weighted by Crippen LogP contribution is 2.42. The maximum Gasteiger partial charge on any atom is 0.339 e. The number of ether oxygens (including phenoxy) is 2. The molecule has 1 aliphatic rings. The van der Waals surface area contributed by atoms with Crippen molar-refractivity contribution in [1.82, 2.24) is 0 Å². The Balaban J connectivity index is 2.58. The minimum Gasteiger partial charge on any atom is -0.497 e. The molecule has 0 unspecified atom stereocenters. The number of carbonyl (C=O) groups is 1. The number of rotatable bonds is 3. The van der Waals surface area contributed by atoms with Gasteiger partial charge in [0.2, 0.25) is 0 Å². The summed E-state index contributed by atoms with van der Waals surface area (Å²) in [5.41, 5.74) is 1.17. The number of hydrogen-bond acceptors (Lipinski definition) is 3. The van der Waals surface area contributed by atoms with Crippen molar-refractivity contribution in [3.05, 3.63) is 29.3 Å². The molecule has 0 saturated carbocycles. The molecule has 16 heavy (non-hydrogen) atoms. The van der Waals surface area contributed by atoms with Gasteiger partial charge >= 0.3 is 5.97 Å². The topological polar surface area (TPSA) is 35.5 Å². The highest BCUT2D eigenvalue weighted by molar-refractivity contribution is 5.95. The van der Waals surface area contributed by atoms with E-state index >= 15 is 0 Å². The Hall–Kier alpha value is -1.51. The van der Waals surface area contributed by atoms with E-state index in [9.17, 15) is 4.79 Å². The minimum atomic E-state index is -0.457. The third-order valence-electron chi connectivity index (χ3n) is 3.37. The molecule has 0 spiro atoms. The van der Waals surface area contributed by atoms with Gasteiger partial charge in [0, 0.05) is 5.56 Å². The molecule has 1 aromatic carbocycles. The zero-order valence-electron chi connectivity index (χ0n) is 9.87. The molecule has 2 rings (SSSR count). The molecule has 0 N–H and O–H groups in total. The maximum atomic E-state index is 11.7. The summed E-state index contributed by atoms with van der Waals surface area (Å²) < 4.78 is 10.7. The zero-order valence-corrected chi connectivity index (χ0v) is 9.87. The van der Waals surface area contributed by atoms with Crippen LogP contribution in [0.1, 0.15) is 42.6 Å². The van der Waals surface area contributed by atoms with E-state index in [1.165, 1.54) is 0 Å². The third kappa shape index (κ3) is 1.39. The molecular weight excluding hydrogens is 204 g/mol. The number of cyclic esters (lactones) is 1. The molecule has 1 heterocycles. The summed E-state index contributed by atoms with van der Waals surface area (Å²) in [5, 5.41) is 0. The van der Waals surface area contributed by atoms with Gasteiger partial charge in [-0.2, -0.15) is 0 Å². The highest BCUT2D eigenvalue weighted by Gasteiger charge is 2.42. The predicted molar refractivity (Wildman–Crippen MR) is 60.7 cm³/mol. The van der Waals surface area contributed by atoms with E-state index in [1.54, 1.807) is 19.2 Å². The molecule has 86 valence electrons. The average Bonchev–Trinajstić information content (AvgIpc) is 2.62. The first-order valence-electron chi connectivity index (χ1n) is 5.58. The van der Waals surface area contributed by atoms with Crippen molar-refractivity contribution in [3.8, 4) is 5.75 Å². The monoisotopic (exact) mass is 220 g/mol. The lowest BCUT2D eigenvalue weighted by Crippen LogP contribution is -2.24. The Bertz CT molecular complexity index is 419. The second-order valence-corrected chi connectivity index (χ2v) is 4.00. The second kappa shape index (κ2) is 3.81. The number of hydrogen-bond donors (Lipinski definition) is 0. The summed E-state index contributed by atoms with van der Waals surface area (Å²) in [5.74, 6) is 0.546. The van der Waals surface area contributed by atoms with Crippen LogP contribution in [0, 0.1) is 0 Å². The van der Waals surface area contributed by atoms with E-state index < -0.39 is 5.60 Å². The minimum absolute atomic E-state index is 0.221. The van der Waals surface area contributed by atoms with Crippen LogP contribution < -0.4 is 4.74 Å². The number of fused-ring (bicyclic) bond motifs is 1. The summed E-state index contributed by atoms with van der Waals surface area (Å²) in [7, 11) is 1.62. The van der Waals surface area contributed by atoms with Gasteiger partial charge in [-0.15, -0.1) is 0 Å². The first-order valence-corrected chi connectivity index (χ1v) is 5.58. The maximum absolute atomic E-state index is 11.7. The molecule has 1 aromatic rings. The number of carbonyl (C=O) groups excluding carboxylic acids is 1. The van der Waals surface area contributed by atoms with Crippen molar-refractivity contribution < 1.29 is 14.3 Å². The van der Waals surface area contributed by atoms with Crippen molar-refractivity contribution in [2.24, 2.45) is 0 Å². The Labute approximate surface area is 95.4 Å². The summed E-state index contributed by atoms with van der Waals surface area (Å²) in [6.45, 7) is 4.07. The van der Waals surface area contributed by atoms with Crippen LogP contribution in [0.4, 0.5) is 0 Å². The molecule has 0 aromatic heterocycles. The van der Waals surface area contributed by atoms with E-state index in [2.05, 4.69) is 0 Å². The van der Waals surface area contributed by atoms with Crippen LogP contribution in [0.15, 0.2) is 18.2 Å². The Morgan fingerprint density at radius 3 is 2.56 bits per heavy atom. The summed E-state index contributed by atoms with van der Waals surface area (Å²) >= 11 is 0. The second-order valence-electron chi connectivity index (χ2n) is 4.00. The molecule has 0 aliphatic carbocycles. The SMILES string of the molecule is CCC1(CC)OC(=O)c2ccc(OC)cc21. The lowest BCUT2D eigenvalue weighted by molar-refractivity contribution is -0.0126. The van der Waals surface area contributed by atoms with Crippen LogP contribution in [0.5, 0.6) is 5.75 Å². The summed E-state index contributed by atoms with van der Waals surface area (Å²) in [4.78, 5) is 11.7. The fraction of sp³-hybridized carbons (Fsp3) is 0.462. The molecule has 0 atom stereocenters. The Morgan fingerprint density at radius 2 is 2.00 bits per heavy atom. The van der Waals surface area contributed by atoms with Crippen molar-refractivity contribution in [1.29, 1.82) is 0 Å². The molecule has 0 bridgehead atoms. The lowest BCUT2D eigenvalue weighted by atomic mass is 9.87.